The summed E-state index contributed by atoms with van der Waals surface area (Å²) in [4.78, 5) is 13.1. The Balaban J connectivity index is 1.64. The van der Waals surface area contributed by atoms with Crippen LogP contribution in [0.15, 0.2) is 59.9 Å². The van der Waals surface area contributed by atoms with Gasteiger partial charge in [0.1, 0.15) is 5.82 Å². The zero-order valence-electron chi connectivity index (χ0n) is 17.2. The first-order valence-corrected chi connectivity index (χ1v) is 10.8. The van der Waals surface area contributed by atoms with E-state index in [-0.39, 0.29) is 17.6 Å². The van der Waals surface area contributed by atoms with Gasteiger partial charge in [0.05, 0.1) is 28.8 Å². The van der Waals surface area contributed by atoms with Crippen molar-refractivity contribution >= 4 is 23.4 Å². The first-order valence-electron chi connectivity index (χ1n) is 9.56. The van der Waals surface area contributed by atoms with E-state index >= 15 is 0 Å². The molecule has 2 aromatic heterocycles. The van der Waals surface area contributed by atoms with Crippen molar-refractivity contribution in [3.63, 3.8) is 0 Å². The molecule has 0 bridgehead atoms. The molecule has 2 aromatic carbocycles. The van der Waals surface area contributed by atoms with E-state index in [0.717, 1.165) is 11.4 Å². The number of carbonyl (C=O) groups is 1. The molecule has 0 aliphatic carbocycles. The number of hydrogen-bond donors (Lipinski definition) is 1. The van der Waals surface area contributed by atoms with Crippen molar-refractivity contribution in [3.05, 3.63) is 71.8 Å². The Bertz CT molecular complexity index is 1220. The summed E-state index contributed by atoms with van der Waals surface area (Å²) >= 11 is 1.43. The number of thioether (sulfide) groups is 1. The van der Waals surface area contributed by atoms with Crippen LogP contribution in [0.4, 0.5) is 10.1 Å². The number of nitrogens with one attached hydrogen (secondary N) is 1. The number of hydrogen-bond acceptors (Lipinski definition) is 6. The molecule has 1 N–H and O–H groups in total. The molecule has 0 saturated heterocycles. The largest absolute Gasteiger partial charge is 0.322 e. The fourth-order valence-corrected chi connectivity index (χ4v) is 3.69. The zero-order valence-corrected chi connectivity index (χ0v) is 18.0. The molecule has 0 saturated carbocycles. The van der Waals surface area contributed by atoms with E-state index in [4.69, 9.17) is 0 Å². The van der Waals surface area contributed by atoms with Gasteiger partial charge in [-0.3, -0.25) is 4.79 Å². The topological polar surface area (TPSA) is 90.5 Å². The van der Waals surface area contributed by atoms with Crippen molar-refractivity contribution in [2.24, 2.45) is 0 Å². The van der Waals surface area contributed by atoms with Crippen molar-refractivity contribution in [1.29, 1.82) is 0 Å². The molecule has 10 heteroatoms. The summed E-state index contributed by atoms with van der Waals surface area (Å²) in [6.07, 6.45) is 3.42. The lowest BCUT2D eigenvalue weighted by atomic mass is 10.0. The molecule has 1 amide bonds. The van der Waals surface area contributed by atoms with Crippen LogP contribution in [0.1, 0.15) is 35.8 Å². The maximum absolute atomic E-state index is 13.3. The average molecular weight is 438 g/mol. The standard InChI is InChI=1S/C21H20FN7OS/c1-13(2)19-18(12-23-28(19)16-9-7-14(22)8-10-16)20(30)24-15-5-4-6-17(11-15)29-21(31-3)25-26-27-29/h4-13H,1-3H3,(H,24,30). The van der Waals surface area contributed by atoms with E-state index in [1.807, 2.05) is 32.2 Å². The van der Waals surface area contributed by atoms with Gasteiger partial charge in [0.25, 0.3) is 5.91 Å². The van der Waals surface area contributed by atoms with Crippen molar-refractivity contribution in [2.75, 3.05) is 11.6 Å². The Morgan fingerprint density at radius 3 is 2.58 bits per heavy atom. The van der Waals surface area contributed by atoms with Crippen LogP contribution < -0.4 is 5.32 Å². The summed E-state index contributed by atoms with van der Waals surface area (Å²) in [5.74, 6) is -0.590. The van der Waals surface area contributed by atoms with Crippen molar-refractivity contribution in [3.8, 4) is 11.4 Å². The number of benzene rings is 2. The third kappa shape index (κ3) is 4.19. The van der Waals surface area contributed by atoms with Crippen LogP contribution >= 0.6 is 11.8 Å². The minimum Gasteiger partial charge on any atom is -0.322 e. The van der Waals surface area contributed by atoms with Gasteiger partial charge in [-0.2, -0.15) is 9.78 Å². The number of halogens is 1. The third-order valence-corrected chi connectivity index (χ3v) is 5.26. The van der Waals surface area contributed by atoms with Crippen LogP contribution in [0.25, 0.3) is 11.4 Å². The molecule has 0 fully saturated rings. The summed E-state index contributed by atoms with van der Waals surface area (Å²) in [6.45, 7) is 3.96. The van der Waals surface area contributed by atoms with Crippen molar-refractivity contribution in [1.82, 2.24) is 30.0 Å². The van der Waals surface area contributed by atoms with Crippen LogP contribution in [-0.4, -0.2) is 42.2 Å². The Morgan fingerprint density at radius 1 is 1.10 bits per heavy atom. The summed E-state index contributed by atoms with van der Waals surface area (Å²) in [5, 5.41) is 19.6. The van der Waals surface area contributed by atoms with Gasteiger partial charge in [-0.05, 0) is 65.1 Å². The van der Waals surface area contributed by atoms with E-state index in [1.165, 1.54) is 30.1 Å². The van der Waals surface area contributed by atoms with E-state index < -0.39 is 0 Å². The SMILES string of the molecule is CSc1nnnn1-c1cccc(NC(=O)c2cnn(-c3ccc(F)cc3)c2C(C)C)c1. The lowest BCUT2D eigenvalue weighted by molar-refractivity contribution is 0.102. The Kier molecular flexibility index (Phi) is 5.81. The first kappa shape index (κ1) is 20.7. The van der Waals surface area contributed by atoms with E-state index in [1.54, 1.807) is 33.6 Å². The normalized spacial score (nSPS) is 11.1. The average Bonchev–Trinajstić information content (AvgIpc) is 3.42. The molecule has 8 nitrogen and oxygen atoms in total. The smallest absolute Gasteiger partial charge is 0.259 e. The lowest BCUT2D eigenvalue weighted by Crippen LogP contribution is -2.15. The van der Waals surface area contributed by atoms with Gasteiger partial charge in [0.2, 0.25) is 5.16 Å². The maximum Gasteiger partial charge on any atom is 0.259 e. The molecule has 0 spiro atoms. The predicted octanol–water partition coefficient (Wildman–Crippen LogP) is 4.08. The Labute approximate surface area is 182 Å². The third-order valence-electron chi connectivity index (χ3n) is 4.64. The lowest BCUT2D eigenvalue weighted by Gasteiger charge is -2.13. The highest BCUT2D eigenvalue weighted by Gasteiger charge is 2.21. The van der Waals surface area contributed by atoms with E-state index in [2.05, 4.69) is 25.9 Å². The fourth-order valence-electron chi connectivity index (χ4n) is 3.26. The van der Waals surface area contributed by atoms with Gasteiger partial charge >= 0.3 is 0 Å². The van der Waals surface area contributed by atoms with Crippen LogP contribution in [0.5, 0.6) is 0 Å². The monoisotopic (exact) mass is 437 g/mol. The van der Waals surface area contributed by atoms with Gasteiger partial charge in [0, 0.05) is 5.69 Å². The van der Waals surface area contributed by atoms with Crippen molar-refractivity contribution in [2.45, 2.75) is 24.9 Å². The summed E-state index contributed by atoms with van der Waals surface area (Å²) in [6, 6.07) is 13.3. The summed E-state index contributed by atoms with van der Waals surface area (Å²) in [7, 11) is 0. The number of tetrazole rings is 1. The Morgan fingerprint density at radius 2 is 1.87 bits per heavy atom. The van der Waals surface area contributed by atoms with Gasteiger partial charge < -0.3 is 5.32 Å². The second kappa shape index (κ2) is 8.68. The molecule has 0 aliphatic rings. The molecule has 0 radical (unpaired) electrons. The second-order valence-electron chi connectivity index (χ2n) is 7.07. The van der Waals surface area contributed by atoms with Gasteiger partial charge in [-0.15, -0.1) is 5.10 Å². The molecule has 4 rings (SSSR count). The second-order valence-corrected chi connectivity index (χ2v) is 7.84. The number of rotatable bonds is 6. The minimum atomic E-state index is -0.327. The molecular weight excluding hydrogens is 417 g/mol. The quantitative estimate of drug-likeness (QED) is 0.457. The molecule has 0 atom stereocenters. The fraction of sp³-hybridized carbons (Fsp3) is 0.190. The molecule has 0 aliphatic heterocycles. The van der Waals surface area contributed by atoms with E-state index in [0.29, 0.717) is 22.1 Å². The maximum atomic E-state index is 13.3. The summed E-state index contributed by atoms with van der Waals surface area (Å²) < 4.78 is 16.6. The molecule has 31 heavy (non-hydrogen) atoms. The van der Waals surface area contributed by atoms with Crippen LogP contribution in [-0.2, 0) is 0 Å². The molecular formula is C21H20FN7OS. The molecule has 158 valence electrons. The predicted molar refractivity (Wildman–Crippen MR) is 116 cm³/mol. The van der Waals surface area contributed by atoms with Gasteiger partial charge in [-0.1, -0.05) is 31.7 Å². The highest BCUT2D eigenvalue weighted by Crippen LogP contribution is 2.25. The molecule has 4 aromatic rings. The van der Waals surface area contributed by atoms with Crippen LogP contribution in [0.2, 0.25) is 0 Å². The highest BCUT2D eigenvalue weighted by molar-refractivity contribution is 7.98. The van der Waals surface area contributed by atoms with E-state index in [9.17, 15) is 9.18 Å². The number of aromatic nitrogens is 6. The van der Waals surface area contributed by atoms with Gasteiger partial charge in [-0.25, -0.2) is 9.07 Å². The van der Waals surface area contributed by atoms with Crippen molar-refractivity contribution < 1.29 is 9.18 Å². The Hall–Kier alpha value is -3.53. The zero-order chi connectivity index (χ0) is 22.0. The summed E-state index contributed by atoms with van der Waals surface area (Å²) in [5.41, 5.74) is 3.23. The first-order chi connectivity index (χ1) is 15.0. The number of nitrogens with zero attached hydrogens (tertiary/aromatic N) is 6. The number of anilines is 1. The number of carbonyl (C=O) groups excluding carboxylic acids is 1. The number of amides is 1. The molecule has 2 heterocycles. The van der Waals surface area contributed by atoms with Crippen LogP contribution in [0.3, 0.4) is 0 Å². The van der Waals surface area contributed by atoms with Gasteiger partial charge in [0.15, 0.2) is 0 Å². The minimum absolute atomic E-state index is 0.0185. The highest BCUT2D eigenvalue weighted by atomic mass is 32.2. The molecule has 0 unspecified atom stereocenters. The van der Waals surface area contributed by atoms with Crippen LogP contribution in [0, 0.1) is 5.82 Å².